The van der Waals surface area contributed by atoms with Crippen molar-refractivity contribution >= 4 is 10.9 Å². The zero-order valence-corrected chi connectivity index (χ0v) is 22.2. The van der Waals surface area contributed by atoms with Crippen molar-refractivity contribution in [1.82, 2.24) is 9.88 Å². The maximum atomic E-state index is 11.2. The average molecular weight is 467 g/mol. The summed E-state index contributed by atoms with van der Waals surface area (Å²) in [5, 5.41) is 12.4. The van der Waals surface area contributed by atoms with Crippen molar-refractivity contribution in [2.75, 3.05) is 19.6 Å². The molecule has 0 saturated carbocycles. The summed E-state index contributed by atoms with van der Waals surface area (Å²) < 4.78 is 0. The summed E-state index contributed by atoms with van der Waals surface area (Å²) in [6, 6.07) is 8.76. The molecule has 3 nitrogen and oxygen atoms in total. The summed E-state index contributed by atoms with van der Waals surface area (Å²) in [6.45, 7) is 7.51. The number of fused-ring (bicyclic) bond motifs is 2. The van der Waals surface area contributed by atoms with Gasteiger partial charge in [-0.25, -0.2) is 0 Å². The minimum atomic E-state index is -0.442. The molecule has 3 heteroatoms. The number of benzene rings is 1. The van der Waals surface area contributed by atoms with Gasteiger partial charge in [0.25, 0.3) is 0 Å². The summed E-state index contributed by atoms with van der Waals surface area (Å²) in [4.78, 5) is 7.51. The fraction of sp³-hybridized carbons (Fsp3) is 0.710. The van der Waals surface area contributed by atoms with Gasteiger partial charge in [0.15, 0.2) is 0 Å². The van der Waals surface area contributed by atoms with Gasteiger partial charge in [0.1, 0.15) is 0 Å². The van der Waals surface area contributed by atoms with Gasteiger partial charge >= 0.3 is 0 Å². The molecule has 1 atom stereocenters. The van der Waals surface area contributed by atoms with Gasteiger partial charge in [0, 0.05) is 17.6 Å². The van der Waals surface area contributed by atoms with Gasteiger partial charge in [-0.3, -0.25) is 4.98 Å². The van der Waals surface area contributed by atoms with Crippen molar-refractivity contribution in [1.29, 1.82) is 0 Å². The van der Waals surface area contributed by atoms with E-state index in [0.717, 1.165) is 43.6 Å². The van der Waals surface area contributed by atoms with E-state index in [1.54, 1.807) is 0 Å². The Balaban J connectivity index is 1.56. The molecule has 1 aromatic heterocycles. The summed E-state index contributed by atoms with van der Waals surface area (Å²) in [5.41, 5.74) is 4.77. The van der Waals surface area contributed by atoms with Crippen molar-refractivity contribution < 1.29 is 5.11 Å². The van der Waals surface area contributed by atoms with Gasteiger partial charge in [-0.2, -0.15) is 0 Å². The number of hydrogen-bond donors (Lipinski definition) is 1. The normalized spacial score (nSPS) is 14.6. The molecule has 0 fully saturated rings. The van der Waals surface area contributed by atoms with Crippen LogP contribution in [0.15, 0.2) is 24.3 Å². The van der Waals surface area contributed by atoms with Gasteiger partial charge in [-0.1, -0.05) is 90.2 Å². The molecule has 0 saturated heterocycles. The van der Waals surface area contributed by atoms with Gasteiger partial charge in [-0.15, -0.1) is 0 Å². The van der Waals surface area contributed by atoms with Crippen molar-refractivity contribution in [2.24, 2.45) is 0 Å². The van der Waals surface area contributed by atoms with Crippen molar-refractivity contribution in [2.45, 2.75) is 123 Å². The topological polar surface area (TPSA) is 36.4 Å². The first kappa shape index (κ1) is 27.1. The predicted octanol–water partition coefficient (Wildman–Crippen LogP) is 8.17. The Bertz CT molecular complexity index is 818. The van der Waals surface area contributed by atoms with Gasteiger partial charge in [0.2, 0.25) is 0 Å². The highest BCUT2D eigenvalue weighted by Crippen LogP contribution is 2.26. The van der Waals surface area contributed by atoms with E-state index in [4.69, 9.17) is 4.98 Å². The largest absolute Gasteiger partial charge is 0.387 e. The van der Waals surface area contributed by atoms with Crippen LogP contribution in [0.25, 0.3) is 10.9 Å². The molecule has 1 aliphatic carbocycles. The molecule has 1 N–H and O–H groups in total. The lowest BCUT2D eigenvalue weighted by molar-refractivity contribution is 0.110. The van der Waals surface area contributed by atoms with Crippen LogP contribution in [-0.4, -0.2) is 34.6 Å². The molecule has 0 radical (unpaired) electrons. The molecule has 0 bridgehead atoms. The molecular formula is C31H50N2O. The zero-order valence-electron chi connectivity index (χ0n) is 22.2. The number of unbranched alkanes of at least 4 members (excludes halogenated alkanes) is 10. The Kier molecular flexibility index (Phi) is 12.4. The molecule has 0 unspecified atom stereocenters. The SMILES string of the molecule is CCCCCCCCN(CCCCCCCC)C[C@H](O)c1ccc2cc3c(nc2c1)CCCC3. The Morgan fingerprint density at radius 3 is 2.09 bits per heavy atom. The summed E-state index contributed by atoms with van der Waals surface area (Å²) in [5.74, 6) is 0. The lowest BCUT2D eigenvalue weighted by Crippen LogP contribution is -2.31. The van der Waals surface area contributed by atoms with Gasteiger partial charge in [0.05, 0.1) is 11.6 Å². The Labute approximate surface area is 209 Å². The van der Waals surface area contributed by atoms with Crippen LogP contribution in [0.3, 0.4) is 0 Å². The van der Waals surface area contributed by atoms with Crippen LogP contribution in [0.5, 0.6) is 0 Å². The molecular weight excluding hydrogens is 416 g/mol. The fourth-order valence-electron chi connectivity index (χ4n) is 5.39. The Hall–Kier alpha value is -1.45. The quantitative estimate of drug-likeness (QED) is 0.239. The second-order valence-corrected chi connectivity index (χ2v) is 10.6. The van der Waals surface area contributed by atoms with E-state index in [1.807, 2.05) is 0 Å². The molecule has 0 spiro atoms. The number of hydrogen-bond acceptors (Lipinski definition) is 3. The highest BCUT2D eigenvalue weighted by molar-refractivity contribution is 5.80. The number of pyridine rings is 1. The maximum absolute atomic E-state index is 11.2. The van der Waals surface area contributed by atoms with Gasteiger partial charge in [-0.05, 0) is 74.9 Å². The second kappa shape index (κ2) is 15.5. The number of aryl methyl sites for hydroxylation is 2. The number of aliphatic hydroxyl groups excluding tert-OH is 1. The molecule has 3 rings (SSSR count). The van der Waals surface area contributed by atoms with Crippen LogP contribution in [0.4, 0.5) is 0 Å². The summed E-state index contributed by atoms with van der Waals surface area (Å²) in [6.07, 6.45) is 20.2. The first-order chi connectivity index (χ1) is 16.7. The number of aliphatic hydroxyl groups is 1. The summed E-state index contributed by atoms with van der Waals surface area (Å²) in [7, 11) is 0. The van der Waals surface area contributed by atoms with E-state index in [1.165, 1.54) is 107 Å². The average Bonchev–Trinajstić information content (AvgIpc) is 2.86. The van der Waals surface area contributed by atoms with Crippen molar-refractivity contribution in [3.8, 4) is 0 Å². The fourth-order valence-corrected chi connectivity index (χ4v) is 5.39. The molecule has 190 valence electrons. The highest BCUT2D eigenvalue weighted by Gasteiger charge is 2.16. The number of aromatic nitrogens is 1. The van der Waals surface area contributed by atoms with Crippen LogP contribution >= 0.6 is 0 Å². The van der Waals surface area contributed by atoms with Crippen LogP contribution in [0.2, 0.25) is 0 Å². The van der Waals surface area contributed by atoms with E-state index in [-0.39, 0.29) is 0 Å². The second-order valence-electron chi connectivity index (χ2n) is 10.6. The molecule has 0 amide bonds. The smallest absolute Gasteiger partial charge is 0.0917 e. The standard InChI is InChI=1S/C31H50N2O/c1-3-5-7-9-11-15-21-33(22-16-12-10-8-6-4-2)25-31(34)28-20-19-27-23-26-17-13-14-18-29(26)32-30(27)24-28/h19-20,23-24,31,34H,3-18,21-22,25H2,1-2H3/t31-/m0/s1. The number of rotatable bonds is 17. The predicted molar refractivity (Wildman–Crippen MR) is 147 cm³/mol. The van der Waals surface area contributed by atoms with E-state index >= 15 is 0 Å². The monoisotopic (exact) mass is 466 g/mol. The van der Waals surface area contributed by atoms with Crippen LogP contribution in [-0.2, 0) is 12.8 Å². The van der Waals surface area contributed by atoms with E-state index in [9.17, 15) is 5.11 Å². The Morgan fingerprint density at radius 1 is 0.794 bits per heavy atom. The van der Waals surface area contributed by atoms with Crippen molar-refractivity contribution in [3.63, 3.8) is 0 Å². The third kappa shape index (κ3) is 8.96. The summed E-state index contributed by atoms with van der Waals surface area (Å²) >= 11 is 0. The minimum Gasteiger partial charge on any atom is -0.387 e. The molecule has 1 aliphatic rings. The molecule has 2 aromatic rings. The molecule has 1 heterocycles. The minimum absolute atomic E-state index is 0.442. The van der Waals surface area contributed by atoms with E-state index < -0.39 is 6.10 Å². The lowest BCUT2D eigenvalue weighted by atomic mass is 9.94. The van der Waals surface area contributed by atoms with Gasteiger partial charge < -0.3 is 10.0 Å². The van der Waals surface area contributed by atoms with Crippen LogP contribution in [0.1, 0.15) is 127 Å². The van der Waals surface area contributed by atoms with E-state index in [2.05, 4.69) is 43.0 Å². The highest BCUT2D eigenvalue weighted by atomic mass is 16.3. The Morgan fingerprint density at radius 2 is 1.41 bits per heavy atom. The lowest BCUT2D eigenvalue weighted by Gasteiger charge is -2.25. The first-order valence-corrected chi connectivity index (χ1v) is 14.5. The van der Waals surface area contributed by atoms with Crippen LogP contribution < -0.4 is 0 Å². The molecule has 0 aliphatic heterocycles. The maximum Gasteiger partial charge on any atom is 0.0917 e. The number of nitrogens with zero attached hydrogens (tertiary/aromatic N) is 2. The molecule has 1 aromatic carbocycles. The van der Waals surface area contributed by atoms with Crippen LogP contribution in [0, 0.1) is 0 Å². The van der Waals surface area contributed by atoms with Crippen molar-refractivity contribution in [3.05, 3.63) is 41.1 Å². The molecule has 34 heavy (non-hydrogen) atoms. The zero-order chi connectivity index (χ0) is 24.0. The first-order valence-electron chi connectivity index (χ1n) is 14.5. The third-order valence-corrected chi connectivity index (χ3v) is 7.59. The third-order valence-electron chi connectivity index (χ3n) is 7.59. The van der Waals surface area contributed by atoms with E-state index in [0.29, 0.717) is 0 Å².